The van der Waals surface area contributed by atoms with Crippen molar-refractivity contribution in [3.63, 3.8) is 0 Å². The first-order valence-electron chi connectivity index (χ1n) is 3.42. The summed E-state index contributed by atoms with van der Waals surface area (Å²) in [5, 5.41) is 0. The summed E-state index contributed by atoms with van der Waals surface area (Å²) in [4.78, 5) is 1.60. The summed E-state index contributed by atoms with van der Waals surface area (Å²) < 4.78 is 0. The van der Waals surface area contributed by atoms with Gasteiger partial charge in [0.15, 0.2) is 0 Å². The second kappa shape index (κ2) is 3.06. The summed E-state index contributed by atoms with van der Waals surface area (Å²) in [6, 6.07) is 0. The summed E-state index contributed by atoms with van der Waals surface area (Å²) in [6.07, 6.45) is 0. The molecule has 0 heterocycles. The fraction of sp³-hybridized carbons (Fsp3) is 1.00. The summed E-state index contributed by atoms with van der Waals surface area (Å²) in [5.74, 6) is 4.89. The molecular formula is C6H17AlSi. The van der Waals surface area contributed by atoms with E-state index in [1.807, 2.05) is 0 Å². The molecule has 2 heteroatoms. The van der Waals surface area contributed by atoms with Gasteiger partial charge in [0.25, 0.3) is 14.1 Å². The Hall–Kier alpha value is 0.749. The van der Waals surface area contributed by atoms with E-state index in [-0.39, 0.29) is 14.1 Å². The molecule has 0 fully saturated rings. The first-order chi connectivity index (χ1) is 3.42. The van der Waals surface area contributed by atoms with Gasteiger partial charge in [0.1, 0.15) is 0 Å². The van der Waals surface area contributed by atoms with Crippen LogP contribution in [-0.2, 0) is 0 Å². The minimum atomic E-state index is -0.659. The highest BCUT2D eigenvalue weighted by atomic mass is 28.3. The Morgan fingerprint density at radius 2 is 1.50 bits per heavy atom. The molecule has 0 N–H and O–H groups in total. The van der Waals surface area contributed by atoms with Crippen LogP contribution >= 0.6 is 0 Å². The van der Waals surface area contributed by atoms with Gasteiger partial charge in [-0.3, -0.25) is 0 Å². The molecule has 0 saturated carbocycles. The van der Waals surface area contributed by atoms with Crippen LogP contribution in [0.3, 0.4) is 0 Å². The van der Waals surface area contributed by atoms with Crippen molar-refractivity contribution in [3.8, 4) is 0 Å². The Balaban J connectivity index is 3.39. The Kier molecular flexibility index (Phi) is 3.34. The predicted molar refractivity (Wildman–Crippen MR) is 45.6 cm³/mol. The third-order valence-electron chi connectivity index (χ3n) is 1.02. The molecule has 0 aliphatic carbocycles. The van der Waals surface area contributed by atoms with Gasteiger partial charge in [-0.25, -0.2) is 0 Å². The average Bonchev–Trinajstić information content (AvgIpc) is 1.21. The van der Waals surface area contributed by atoms with Crippen molar-refractivity contribution in [2.24, 2.45) is 0 Å². The van der Waals surface area contributed by atoms with Crippen LogP contribution < -0.4 is 0 Å². The topological polar surface area (TPSA) is 0 Å². The van der Waals surface area contributed by atoms with Crippen LogP contribution in [0.15, 0.2) is 0 Å². The second-order valence-corrected chi connectivity index (χ2v) is 13.7. The second-order valence-electron chi connectivity index (χ2n) is 4.16. The van der Waals surface area contributed by atoms with Crippen molar-refractivity contribution in [3.05, 3.63) is 0 Å². The minimum absolute atomic E-state index is 0.234. The number of rotatable bonds is 2. The van der Waals surface area contributed by atoms with E-state index in [1.54, 1.807) is 4.91 Å². The molecule has 0 aromatic rings. The van der Waals surface area contributed by atoms with Crippen LogP contribution in [0.5, 0.6) is 0 Å². The highest BCUT2D eigenvalue weighted by molar-refractivity contribution is 6.86. The summed E-state index contributed by atoms with van der Waals surface area (Å²) >= 11 is -0.234. The highest BCUT2D eigenvalue weighted by Crippen LogP contribution is 2.09. The van der Waals surface area contributed by atoms with Gasteiger partial charge in [-0.2, -0.15) is 0 Å². The molecule has 0 aliphatic heterocycles. The van der Waals surface area contributed by atoms with Crippen molar-refractivity contribution in [1.29, 1.82) is 0 Å². The normalized spacial score (nSPS) is 11.6. The fourth-order valence-electron chi connectivity index (χ4n) is 1.22. The van der Waals surface area contributed by atoms with E-state index in [1.165, 1.54) is 0 Å². The van der Waals surface area contributed by atoms with Crippen molar-refractivity contribution >= 4 is 22.2 Å². The Morgan fingerprint density at radius 1 is 1.12 bits per heavy atom. The van der Waals surface area contributed by atoms with Crippen LogP contribution in [0.25, 0.3) is 0 Å². The molecule has 0 unspecified atom stereocenters. The molecule has 0 rings (SSSR count). The first kappa shape index (κ1) is 8.75. The van der Waals surface area contributed by atoms with Crippen molar-refractivity contribution in [1.82, 2.24) is 0 Å². The number of hydrogen-bond donors (Lipinski definition) is 0. The molecule has 0 saturated heterocycles. The van der Waals surface area contributed by atoms with Crippen LogP contribution in [0.2, 0.25) is 36.1 Å². The van der Waals surface area contributed by atoms with E-state index in [0.717, 1.165) is 0 Å². The van der Waals surface area contributed by atoms with Crippen LogP contribution in [-0.4, -0.2) is 22.2 Å². The van der Waals surface area contributed by atoms with Gasteiger partial charge in [0.05, 0.1) is 0 Å². The van der Waals surface area contributed by atoms with Gasteiger partial charge in [-0.1, -0.05) is 24.5 Å². The Bertz CT molecular complexity index is 63.4. The highest BCUT2D eigenvalue weighted by Gasteiger charge is 2.16. The molecule has 0 radical (unpaired) electrons. The maximum absolute atomic E-state index is 2.46. The van der Waals surface area contributed by atoms with Crippen LogP contribution in [0, 0.1) is 0 Å². The zero-order valence-corrected chi connectivity index (χ0v) is 8.94. The molecule has 0 bridgehead atoms. The van der Waals surface area contributed by atoms with E-state index in [4.69, 9.17) is 0 Å². The lowest BCUT2D eigenvalue weighted by molar-refractivity contribution is 1.59. The van der Waals surface area contributed by atoms with Crippen molar-refractivity contribution in [2.75, 3.05) is 0 Å². The molecule has 8 heavy (non-hydrogen) atoms. The molecule has 0 spiro atoms. The van der Waals surface area contributed by atoms with Gasteiger partial charge in [-0.15, -0.1) is 11.6 Å². The molecule has 0 aromatic heterocycles. The van der Waals surface area contributed by atoms with Gasteiger partial charge < -0.3 is 0 Å². The van der Waals surface area contributed by atoms with E-state index < -0.39 is 8.07 Å². The van der Waals surface area contributed by atoms with E-state index in [0.29, 0.717) is 0 Å². The summed E-state index contributed by atoms with van der Waals surface area (Å²) in [5.41, 5.74) is 0. The average molecular weight is 144 g/mol. The van der Waals surface area contributed by atoms with Gasteiger partial charge in [0.2, 0.25) is 0 Å². The maximum Gasteiger partial charge on any atom is 0.252 e. The third-order valence-corrected chi connectivity index (χ3v) is 9.19. The fourth-order valence-corrected chi connectivity index (χ4v) is 11.0. The monoisotopic (exact) mass is 144 g/mol. The molecule has 0 amide bonds. The van der Waals surface area contributed by atoms with Crippen LogP contribution in [0.4, 0.5) is 0 Å². The lowest BCUT2D eigenvalue weighted by atomic mass is 11.7. The Morgan fingerprint density at radius 3 is 1.50 bits per heavy atom. The molecule has 0 aliphatic rings. The molecule has 0 nitrogen and oxygen atoms in total. The Labute approximate surface area is 58.7 Å². The SMILES string of the molecule is [CH3][Al]([CH3])[CH2][Si](C)(C)C. The minimum Gasteiger partial charge on any atom is -0.106 e. The number of hydrogen-bond acceptors (Lipinski definition) is 0. The van der Waals surface area contributed by atoms with Gasteiger partial charge >= 0.3 is 0 Å². The predicted octanol–water partition coefficient (Wildman–Crippen LogP) is 2.62. The van der Waals surface area contributed by atoms with Gasteiger partial charge in [0, 0.05) is 8.07 Å². The van der Waals surface area contributed by atoms with Gasteiger partial charge in [-0.05, 0) is 0 Å². The standard InChI is InChI=1S/C4H11Si.2CH3.Al/c1-5(2,3)4;;;/h1H2,2-4H3;2*1H3;. The summed E-state index contributed by atoms with van der Waals surface area (Å²) in [7, 11) is -0.659. The zero-order valence-electron chi connectivity index (χ0n) is 6.78. The lowest BCUT2D eigenvalue weighted by Gasteiger charge is -2.15. The van der Waals surface area contributed by atoms with E-state index in [2.05, 4.69) is 31.2 Å². The lowest BCUT2D eigenvalue weighted by Crippen LogP contribution is -2.25. The van der Waals surface area contributed by atoms with Crippen molar-refractivity contribution < 1.29 is 0 Å². The molecule has 0 atom stereocenters. The van der Waals surface area contributed by atoms with E-state index in [9.17, 15) is 0 Å². The first-order valence-corrected chi connectivity index (χ1v) is 10.2. The summed E-state index contributed by atoms with van der Waals surface area (Å²) in [6.45, 7) is 7.38. The zero-order chi connectivity index (χ0) is 6.78. The smallest absolute Gasteiger partial charge is 0.106 e. The largest absolute Gasteiger partial charge is 0.252 e. The van der Waals surface area contributed by atoms with Crippen molar-refractivity contribution in [2.45, 2.75) is 36.1 Å². The molecule has 0 aromatic carbocycles. The third kappa shape index (κ3) is 6.75. The molecule has 48 valence electrons. The molecular weight excluding hydrogens is 127 g/mol. The quantitative estimate of drug-likeness (QED) is 0.523. The van der Waals surface area contributed by atoms with E-state index >= 15 is 0 Å². The maximum atomic E-state index is 2.46. The van der Waals surface area contributed by atoms with Crippen LogP contribution in [0.1, 0.15) is 0 Å².